The van der Waals surface area contributed by atoms with E-state index in [1.165, 1.54) is 12.1 Å². The second-order valence-corrected chi connectivity index (χ2v) is 6.88. The number of para-hydroxylation sites is 1. The van der Waals surface area contributed by atoms with Crippen molar-refractivity contribution in [1.29, 1.82) is 0 Å². The Morgan fingerprint density at radius 3 is 2.76 bits per heavy atom. The van der Waals surface area contributed by atoms with Crippen molar-refractivity contribution in [2.24, 2.45) is 5.92 Å². The molecule has 0 spiro atoms. The van der Waals surface area contributed by atoms with Crippen molar-refractivity contribution in [1.82, 2.24) is 20.2 Å². The molecular weight excluding hydrogens is 379 g/mol. The van der Waals surface area contributed by atoms with Gasteiger partial charge in [-0.05, 0) is 28.5 Å². The normalized spacial score (nSPS) is 11.8. The number of tetrazole rings is 1. The number of thioether (sulfide) groups is 1. The lowest BCUT2D eigenvalue weighted by atomic mass is 10.1. The van der Waals surface area contributed by atoms with Crippen LogP contribution in [0.4, 0.5) is 18.9 Å². The Kier molecular flexibility index (Phi) is 6.28. The van der Waals surface area contributed by atoms with E-state index in [9.17, 15) is 18.0 Å². The molecule has 0 aliphatic rings. The molecule has 0 aliphatic carbocycles. The summed E-state index contributed by atoms with van der Waals surface area (Å²) in [4.78, 5) is 12.0. The Bertz CT molecular complexity index is 750. The maximum Gasteiger partial charge on any atom is 0.418 e. The van der Waals surface area contributed by atoms with Crippen molar-refractivity contribution in [3.63, 3.8) is 0 Å². The van der Waals surface area contributed by atoms with Crippen LogP contribution in [0.2, 0.25) is 5.02 Å². The van der Waals surface area contributed by atoms with Crippen LogP contribution >= 0.6 is 23.4 Å². The van der Waals surface area contributed by atoms with Gasteiger partial charge in [0.15, 0.2) is 0 Å². The smallest absolute Gasteiger partial charge is 0.324 e. The number of benzene rings is 1. The van der Waals surface area contributed by atoms with Gasteiger partial charge in [0, 0.05) is 6.54 Å². The fourth-order valence-electron chi connectivity index (χ4n) is 1.95. The second kappa shape index (κ2) is 8.05. The molecule has 0 unspecified atom stereocenters. The molecule has 0 saturated heterocycles. The summed E-state index contributed by atoms with van der Waals surface area (Å²) in [6.45, 7) is 4.54. The maximum atomic E-state index is 13.0. The highest BCUT2D eigenvalue weighted by Gasteiger charge is 2.34. The van der Waals surface area contributed by atoms with E-state index in [0.717, 1.165) is 17.8 Å². The van der Waals surface area contributed by atoms with Crippen LogP contribution in [-0.2, 0) is 17.5 Å². The van der Waals surface area contributed by atoms with Crippen LogP contribution in [0.5, 0.6) is 0 Å². The first-order chi connectivity index (χ1) is 11.7. The van der Waals surface area contributed by atoms with Crippen molar-refractivity contribution >= 4 is 35.0 Å². The first-order valence-corrected chi connectivity index (χ1v) is 8.59. The summed E-state index contributed by atoms with van der Waals surface area (Å²) >= 11 is 6.84. The van der Waals surface area contributed by atoms with Gasteiger partial charge in [-0.2, -0.15) is 13.2 Å². The van der Waals surface area contributed by atoms with Crippen molar-refractivity contribution < 1.29 is 18.0 Å². The van der Waals surface area contributed by atoms with Gasteiger partial charge in [-0.3, -0.25) is 4.79 Å². The second-order valence-electron chi connectivity index (χ2n) is 5.53. The van der Waals surface area contributed by atoms with Crippen molar-refractivity contribution in [2.75, 3.05) is 11.1 Å². The maximum absolute atomic E-state index is 13.0. The molecule has 1 aromatic carbocycles. The molecule has 2 aromatic rings. The van der Waals surface area contributed by atoms with Crippen LogP contribution < -0.4 is 5.32 Å². The standard InChI is InChI=1S/C14H15ClF3N5OS/c1-8(2)6-23-13(20-21-22-23)25-7-11(24)19-12-9(14(16,17)18)4-3-5-10(12)15/h3-5,8H,6-7H2,1-2H3,(H,19,24). The van der Waals surface area contributed by atoms with Gasteiger partial charge in [-0.15, -0.1) is 5.10 Å². The monoisotopic (exact) mass is 393 g/mol. The summed E-state index contributed by atoms with van der Waals surface area (Å²) in [5, 5.41) is 13.6. The molecule has 1 amide bonds. The van der Waals surface area contributed by atoms with Crippen molar-refractivity contribution in [3.05, 3.63) is 28.8 Å². The Hall–Kier alpha value is -1.81. The molecule has 0 bridgehead atoms. The van der Waals surface area contributed by atoms with Gasteiger partial charge in [0.05, 0.1) is 22.0 Å². The Morgan fingerprint density at radius 2 is 2.12 bits per heavy atom. The van der Waals surface area contributed by atoms with Gasteiger partial charge in [0.2, 0.25) is 11.1 Å². The number of alkyl halides is 3. The van der Waals surface area contributed by atoms with Gasteiger partial charge in [-0.25, -0.2) is 4.68 Å². The summed E-state index contributed by atoms with van der Waals surface area (Å²) in [5.74, 6) is -0.488. The van der Waals surface area contributed by atoms with E-state index in [4.69, 9.17) is 11.6 Å². The number of amides is 1. The SMILES string of the molecule is CC(C)Cn1nnnc1SCC(=O)Nc1c(Cl)cccc1C(F)(F)F. The van der Waals surface area contributed by atoms with Gasteiger partial charge in [0.1, 0.15) is 0 Å². The molecule has 2 rings (SSSR count). The first kappa shape index (κ1) is 19.5. The van der Waals surface area contributed by atoms with E-state index < -0.39 is 23.3 Å². The molecule has 1 heterocycles. The average molecular weight is 394 g/mol. The van der Waals surface area contributed by atoms with Crippen LogP contribution in [0.3, 0.4) is 0 Å². The minimum atomic E-state index is -4.62. The molecule has 0 fully saturated rings. The lowest BCUT2D eigenvalue weighted by molar-refractivity contribution is -0.137. The predicted octanol–water partition coefficient (Wildman–Crippen LogP) is 3.73. The van der Waals surface area contributed by atoms with Crippen LogP contribution in [0, 0.1) is 5.92 Å². The fourth-order valence-corrected chi connectivity index (χ4v) is 2.86. The van der Waals surface area contributed by atoms with E-state index in [2.05, 4.69) is 20.8 Å². The summed E-state index contributed by atoms with van der Waals surface area (Å²) in [7, 11) is 0. The number of hydrogen-bond acceptors (Lipinski definition) is 5. The highest BCUT2D eigenvalue weighted by atomic mass is 35.5. The molecule has 11 heteroatoms. The predicted molar refractivity (Wildman–Crippen MR) is 88.5 cm³/mol. The molecular formula is C14H15ClF3N5OS. The van der Waals surface area contributed by atoms with E-state index in [1.54, 1.807) is 4.68 Å². The minimum Gasteiger partial charge on any atom is -0.324 e. The number of halogens is 4. The Morgan fingerprint density at radius 1 is 1.40 bits per heavy atom. The minimum absolute atomic E-state index is 0.152. The molecule has 0 saturated carbocycles. The number of carbonyl (C=O) groups is 1. The van der Waals surface area contributed by atoms with Crippen LogP contribution in [0.15, 0.2) is 23.4 Å². The first-order valence-electron chi connectivity index (χ1n) is 7.23. The highest BCUT2D eigenvalue weighted by molar-refractivity contribution is 7.99. The number of hydrogen-bond donors (Lipinski definition) is 1. The number of nitrogens with zero attached hydrogens (tertiary/aromatic N) is 4. The third kappa shape index (κ3) is 5.33. The molecule has 136 valence electrons. The molecule has 0 atom stereocenters. The van der Waals surface area contributed by atoms with Gasteiger partial charge in [0.25, 0.3) is 0 Å². The molecule has 6 nitrogen and oxygen atoms in total. The number of anilines is 1. The van der Waals surface area contributed by atoms with E-state index in [-0.39, 0.29) is 10.8 Å². The molecule has 1 N–H and O–H groups in total. The zero-order valence-electron chi connectivity index (χ0n) is 13.3. The van der Waals surface area contributed by atoms with Crippen molar-refractivity contribution in [3.8, 4) is 0 Å². The largest absolute Gasteiger partial charge is 0.418 e. The average Bonchev–Trinajstić information content (AvgIpc) is 2.92. The van der Waals surface area contributed by atoms with Gasteiger partial charge in [-0.1, -0.05) is 43.3 Å². The summed E-state index contributed by atoms with van der Waals surface area (Å²) < 4.78 is 40.6. The van der Waals surface area contributed by atoms with Crippen LogP contribution in [0.1, 0.15) is 19.4 Å². The summed E-state index contributed by atoms with van der Waals surface area (Å²) in [6.07, 6.45) is -4.62. The van der Waals surface area contributed by atoms with Crippen LogP contribution in [0.25, 0.3) is 0 Å². The lowest BCUT2D eigenvalue weighted by Crippen LogP contribution is -2.19. The Balaban J connectivity index is 2.06. The summed E-state index contributed by atoms with van der Waals surface area (Å²) in [6, 6.07) is 3.32. The Labute approximate surface area is 151 Å². The molecule has 0 aliphatic heterocycles. The van der Waals surface area contributed by atoms with Crippen LogP contribution in [-0.4, -0.2) is 31.9 Å². The van der Waals surface area contributed by atoms with E-state index in [1.807, 2.05) is 13.8 Å². The van der Waals surface area contributed by atoms with Gasteiger partial charge < -0.3 is 5.32 Å². The topological polar surface area (TPSA) is 72.7 Å². The summed E-state index contributed by atoms with van der Waals surface area (Å²) in [5.41, 5.74) is -1.45. The third-order valence-electron chi connectivity index (χ3n) is 2.95. The molecule has 25 heavy (non-hydrogen) atoms. The number of carbonyl (C=O) groups excluding carboxylic acids is 1. The van der Waals surface area contributed by atoms with Gasteiger partial charge >= 0.3 is 6.18 Å². The highest BCUT2D eigenvalue weighted by Crippen LogP contribution is 2.38. The van der Waals surface area contributed by atoms with Crippen molar-refractivity contribution in [2.45, 2.75) is 31.7 Å². The lowest BCUT2D eigenvalue weighted by Gasteiger charge is -2.15. The number of nitrogens with one attached hydrogen (secondary N) is 1. The number of aromatic nitrogens is 4. The zero-order chi connectivity index (χ0) is 18.6. The third-order valence-corrected chi connectivity index (χ3v) is 4.23. The van der Waals surface area contributed by atoms with E-state index >= 15 is 0 Å². The quantitative estimate of drug-likeness (QED) is 0.757. The van der Waals surface area contributed by atoms with E-state index in [0.29, 0.717) is 17.6 Å². The fraction of sp³-hybridized carbons (Fsp3) is 0.429. The zero-order valence-corrected chi connectivity index (χ0v) is 14.9. The molecule has 0 radical (unpaired) electrons. The molecule has 1 aromatic heterocycles. The number of rotatable bonds is 6.